The van der Waals surface area contributed by atoms with E-state index in [0.717, 1.165) is 16.0 Å². The molecule has 8 heteroatoms. The molecule has 130 valence electrons. The number of thiophene rings is 1. The van der Waals surface area contributed by atoms with Gasteiger partial charge in [-0.2, -0.15) is 4.98 Å². The van der Waals surface area contributed by atoms with Crippen LogP contribution in [0.4, 0.5) is 0 Å². The maximum absolute atomic E-state index is 12.1. The summed E-state index contributed by atoms with van der Waals surface area (Å²) in [6, 6.07) is 11.6. The fourth-order valence-electron chi connectivity index (χ4n) is 2.12. The van der Waals surface area contributed by atoms with E-state index in [0.29, 0.717) is 12.4 Å². The minimum atomic E-state index is -1.40. The summed E-state index contributed by atoms with van der Waals surface area (Å²) in [4.78, 5) is 17.1. The van der Waals surface area contributed by atoms with E-state index in [4.69, 9.17) is 4.52 Å². The smallest absolute Gasteiger partial charge is 0.239 e. The first-order valence-corrected chi connectivity index (χ1v) is 10.0. The van der Waals surface area contributed by atoms with E-state index < -0.39 is 10.8 Å². The SMILES string of the molecule is Cc1ccc(-c2noc(CS(=O)CC(=O)NCc3cccs3)n2)cc1. The zero-order valence-corrected chi connectivity index (χ0v) is 15.2. The van der Waals surface area contributed by atoms with Crippen molar-refractivity contribution >= 4 is 28.0 Å². The molecule has 1 amide bonds. The van der Waals surface area contributed by atoms with Gasteiger partial charge in [-0.25, -0.2) is 0 Å². The van der Waals surface area contributed by atoms with Crippen molar-refractivity contribution in [1.29, 1.82) is 0 Å². The molecule has 1 unspecified atom stereocenters. The van der Waals surface area contributed by atoms with Gasteiger partial charge in [-0.1, -0.05) is 41.1 Å². The molecule has 3 rings (SSSR count). The fourth-order valence-corrected chi connectivity index (χ4v) is 3.65. The second-order valence-electron chi connectivity index (χ2n) is 5.46. The van der Waals surface area contributed by atoms with Crippen molar-refractivity contribution in [1.82, 2.24) is 15.5 Å². The van der Waals surface area contributed by atoms with E-state index in [1.54, 1.807) is 11.3 Å². The first-order valence-electron chi connectivity index (χ1n) is 7.64. The molecular weight excluding hydrogens is 358 g/mol. The van der Waals surface area contributed by atoms with Crippen molar-refractivity contribution < 1.29 is 13.5 Å². The average Bonchev–Trinajstić information content (AvgIpc) is 3.25. The van der Waals surface area contributed by atoms with Crippen LogP contribution in [-0.2, 0) is 27.9 Å². The van der Waals surface area contributed by atoms with Gasteiger partial charge in [-0.15, -0.1) is 11.3 Å². The Hall–Kier alpha value is -2.32. The molecule has 0 spiro atoms. The lowest BCUT2D eigenvalue weighted by atomic mass is 10.1. The molecule has 0 aliphatic carbocycles. The van der Waals surface area contributed by atoms with Crippen LogP contribution in [0, 0.1) is 6.92 Å². The first kappa shape index (κ1) is 17.5. The molecule has 2 heterocycles. The van der Waals surface area contributed by atoms with Gasteiger partial charge in [0, 0.05) is 21.2 Å². The molecule has 6 nitrogen and oxygen atoms in total. The monoisotopic (exact) mass is 375 g/mol. The van der Waals surface area contributed by atoms with Crippen LogP contribution in [0.15, 0.2) is 46.3 Å². The van der Waals surface area contributed by atoms with Crippen molar-refractivity contribution in [2.24, 2.45) is 0 Å². The molecule has 25 heavy (non-hydrogen) atoms. The number of carbonyl (C=O) groups is 1. The molecule has 0 radical (unpaired) electrons. The number of aromatic nitrogens is 2. The highest BCUT2D eigenvalue weighted by Gasteiger charge is 2.14. The van der Waals surface area contributed by atoms with Gasteiger partial charge in [0.05, 0.1) is 6.54 Å². The minimum Gasteiger partial charge on any atom is -0.350 e. The lowest BCUT2D eigenvalue weighted by Crippen LogP contribution is -2.27. The molecule has 0 saturated heterocycles. The van der Waals surface area contributed by atoms with Gasteiger partial charge in [0.15, 0.2) is 0 Å². The number of hydrogen-bond acceptors (Lipinski definition) is 6. The lowest BCUT2D eigenvalue weighted by Gasteiger charge is -2.02. The molecule has 1 atom stereocenters. The van der Waals surface area contributed by atoms with E-state index >= 15 is 0 Å². The Bertz CT molecular complexity index is 858. The van der Waals surface area contributed by atoms with Crippen molar-refractivity contribution in [3.05, 3.63) is 58.1 Å². The van der Waals surface area contributed by atoms with Crippen LogP contribution in [-0.4, -0.2) is 26.0 Å². The Morgan fingerprint density at radius 2 is 2.08 bits per heavy atom. The summed E-state index contributed by atoms with van der Waals surface area (Å²) >= 11 is 1.56. The standard InChI is InChI=1S/C17H17N3O3S2/c1-12-4-6-13(7-5-12)17-19-16(23-20-17)11-25(22)10-15(21)18-9-14-3-2-8-24-14/h2-8H,9-11H2,1H3,(H,18,21). The van der Waals surface area contributed by atoms with Gasteiger partial charge in [-0.3, -0.25) is 9.00 Å². The number of nitrogens with zero attached hydrogens (tertiary/aromatic N) is 2. The summed E-state index contributed by atoms with van der Waals surface area (Å²) in [5, 5.41) is 8.59. The molecule has 0 aliphatic rings. The van der Waals surface area contributed by atoms with Gasteiger partial charge in [0.1, 0.15) is 11.5 Å². The van der Waals surface area contributed by atoms with E-state index in [2.05, 4.69) is 15.5 Å². The summed E-state index contributed by atoms with van der Waals surface area (Å²) in [5.74, 6) is 0.429. The molecule has 0 bridgehead atoms. The highest BCUT2D eigenvalue weighted by atomic mass is 32.2. The number of nitrogens with one attached hydrogen (secondary N) is 1. The molecule has 0 saturated carbocycles. The first-order chi connectivity index (χ1) is 12.1. The van der Waals surface area contributed by atoms with Gasteiger partial charge < -0.3 is 9.84 Å². The van der Waals surface area contributed by atoms with Gasteiger partial charge >= 0.3 is 0 Å². The predicted octanol–water partition coefficient (Wildman–Crippen LogP) is 2.67. The molecule has 0 fully saturated rings. The zero-order valence-electron chi connectivity index (χ0n) is 13.6. The molecule has 2 aromatic heterocycles. The second-order valence-corrected chi connectivity index (χ2v) is 7.95. The fraction of sp³-hybridized carbons (Fsp3) is 0.235. The third-order valence-corrected chi connectivity index (χ3v) is 5.42. The van der Waals surface area contributed by atoms with E-state index in [1.165, 1.54) is 0 Å². The Morgan fingerprint density at radius 1 is 1.28 bits per heavy atom. The van der Waals surface area contributed by atoms with Crippen LogP contribution in [0.1, 0.15) is 16.3 Å². The molecule has 1 N–H and O–H groups in total. The van der Waals surface area contributed by atoms with Crippen LogP contribution >= 0.6 is 11.3 Å². The maximum Gasteiger partial charge on any atom is 0.239 e. The molecule has 1 aromatic carbocycles. The number of carbonyl (C=O) groups excluding carboxylic acids is 1. The van der Waals surface area contributed by atoms with Gasteiger partial charge in [0.25, 0.3) is 0 Å². The van der Waals surface area contributed by atoms with Crippen molar-refractivity contribution in [3.63, 3.8) is 0 Å². The average molecular weight is 375 g/mol. The summed E-state index contributed by atoms with van der Waals surface area (Å²) in [6.07, 6.45) is 0. The van der Waals surface area contributed by atoms with Crippen LogP contribution in [0.25, 0.3) is 11.4 Å². The van der Waals surface area contributed by atoms with Crippen LogP contribution in [0.5, 0.6) is 0 Å². The topological polar surface area (TPSA) is 85.1 Å². The summed E-state index contributed by atoms with van der Waals surface area (Å²) in [6.45, 7) is 2.45. The molecular formula is C17H17N3O3S2. The Labute approximate surface area is 151 Å². The number of hydrogen-bond donors (Lipinski definition) is 1. The third-order valence-electron chi connectivity index (χ3n) is 3.39. The lowest BCUT2D eigenvalue weighted by molar-refractivity contribution is -0.118. The quantitative estimate of drug-likeness (QED) is 0.686. The molecule has 3 aromatic rings. The van der Waals surface area contributed by atoms with E-state index in [9.17, 15) is 9.00 Å². The predicted molar refractivity (Wildman–Crippen MR) is 97.4 cm³/mol. The van der Waals surface area contributed by atoms with E-state index in [1.807, 2.05) is 48.7 Å². The van der Waals surface area contributed by atoms with Gasteiger partial charge in [0.2, 0.25) is 17.6 Å². The number of rotatable bonds is 7. The van der Waals surface area contributed by atoms with Gasteiger partial charge in [-0.05, 0) is 18.4 Å². The van der Waals surface area contributed by atoms with Crippen molar-refractivity contribution in [3.8, 4) is 11.4 Å². The zero-order chi connectivity index (χ0) is 17.6. The van der Waals surface area contributed by atoms with Crippen molar-refractivity contribution in [2.75, 3.05) is 5.75 Å². The van der Waals surface area contributed by atoms with E-state index in [-0.39, 0.29) is 23.3 Å². The Morgan fingerprint density at radius 3 is 2.80 bits per heavy atom. The summed E-state index contributed by atoms with van der Waals surface area (Å²) in [5.41, 5.74) is 1.97. The van der Waals surface area contributed by atoms with Crippen LogP contribution < -0.4 is 5.32 Å². The number of amides is 1. The third kappa shape index (κ3) is 5.07. The second kappa shape index (κ2) is 8.17. The maximum atomic E-state index is 12.1. The van der Waals surface area contributed by atoms with Crippen LogP contribution in [0.2, 0.25) is 0 Å². The highest BCUT2D eigenvalue weighted by molar-refractivity contribution is 7.84. The summed E-state index contributed by atoms with van der Waals surface area (Å²) < 4.78 is 17.2. The number of aryl methyl sites for hydroxylation is 1. The van der Waals surface area contributed by atoms with Crippen LogP contribution in [0.3, 0.4) is 0 Å². The number of benzene rings is 1. The molecule has 0 aliphatic heterocycles. The summed E-state index contributed by atoms with van der Waals surface area (Å²) in [7, 11) is -1.40. The highest BCUT2D eigenvalue weighted by Crippen LogP contribution is 2.16. The normalized spacial score (nSPS) is 12.0. The largest absolute Gasteiger partial charge is 0.350 e. The van der Waals surface area contributed by atoms with Crippen molar-refractivity contribution in [2.45, 2.75) is 19.2 Å². The Balaban J connectivity index is 1.51. The minimum absolute atomic E-state index is 0.0608. The Kier molecular flexibility index (Phi) is 5.72.